The van der Waals surface area contributed by atoms with Gasteiger partial charge in [-0.2, -0.15) is 0 Å². The van der Waals surface area contributed by atoms with E-state index in [4.69, 9.17) is 9.47 Å². The van der Waals surface area contributed by atoms with E-state index in [0.717, 1.165) is 11.1 Å². The van der Waals surface area contributed by atoms with Crippen molar-refractivity contribution in [1.82, 2.24) is 5.32 Å². The minimum atomic E-state index is -0.594. The second-order valence-electron chi connectivity index (χ2n) is 7.31. The number of benzene rings is 2. The van der Waals surface area contributed by atoms with Crippen molar-refractivity contribution in [3.8, 4) is 0 Å². The minimum absolute atomic E-state index is 0.0353. The first-order valence-electron chi connectivity index (χ1n) is 10.2. The van der Waals surface area contributed by atoms with E-state index in [0.29, 0.717) is 19.4 Å². The van der Waals surface area contributed by atoms with Crippen LogP contribution in [0.4, 0.5) is 0 Å². The minimum Gasteiger partial charge on any atom is -0.465 e. The maximum atomic E-state index is 12.7. The highest BCUT2D eigenvalue weighted by molar-refractivity contribution is 5.79. The number of carbonyl (C=O) groups excluding carboxylic acids is 2. The Hall–Kier alpha value is -2.66. The molecule has 5 heteroatoms. The van der Waals surface area contributed by atoms with Gasteiger partial charge in [0.25, 0.3) is 0 Å². The van der Waals surface area contributed by atoms with Gasteiger partial charge in [-0.3, -0.25) is 14.9 Å². The van der Waals surface area contributed by atoms with Gasteiger partial charge >= 0.3 is 11.9 Å². The highest BCUT2D eigenvalue weighted by Crippen LogP contribution is 2.12. The molecule has 0 aliphatic rings. The number of hydrogen-bond acceptors (Lipinski definition) is 5. The number of esters is 2. The van der Waals surface area contributed by atoms with Gasteiger partial charge in [-0.25, -0.2) is 0 Å². The second-order valence-corrected chi connectivity index (χ2v) is 7.31. The number of ether oxygens (including phenoxy) is 2. The molecule has 0 aliphatic heterocycles. The summed E-state index contributed by atoms with van der Waals surface area (Å²) < 4.78 is 10.7. The molecule has 0 spiro atoms. The molecule has 0 heterocycles. The van der Waals surface area contributed by atoms with E-state index in [9.17, 15) is 9.59 Å². The third-order valence-electron chi connectivity index (χ3n) is 4.66. The van der Waals surface area contributed by atoms with Gasteiger partial charge in [0.1, 0.15) is 18.7 Å². The molecule has 0 aromatic heterocycles. The molecule has 2 rings (SSSR count). The van der Waals surface area contributed by atoms with Gasteiger partial charge in [0.05, 0.1) is 6.61 Å². The molecular formula is C24H31NO4. The van der Waals surface area contributed by atoms with Gasteiger partial charge in [0.2, 0.25) is 0 Å². The molecule has 5 nitrogen and oxygen atoms in total. The summed E-state index contributed by atoms with van der Waals surface area (Å²) in [4.78, 5) is 25.2. The lowest BCUT2D eigenvalue weighted by Crippen LogP contribution is -2.51. The third-order valence-corrected chi connectivity index (χ3v) is 4.66. The molecule has 0 bridgehead atoms. The van der Waals surface area contributed by atoms with E-state index in [-0.39, 0.29) is 24.5 Å². The molecule has 0 aliphatic carbocycles. The Morgan fingerprint density at radius 2 is 1.45 bits per heavy atom. The first-order valence-corrected chi connectivity index (χ1v) is 10.2. The van der Waals surface area contributed by atoms with Crippen LogP contribution in [0.25, 0.3) is 0 Å². The summed E-state index contributed by atoms with van der Waals surface area (Å²) in [5.74, 6) is -0.741. The highest BCUT2D eigenvalue weighted by Gasteiger charge is 2.30. The van der Waals surface area contributed by atoms with Crippen LogP contribution in [-0.4, -0.2) is 30.6 Å². The van der Waals surface area contributed by atoms with Gasteiger partial charge in [-0.05, 0) is 36.8 Å². The molecule has 2 atom stereocenters. The topological polar surface area (TPSA) is 64.6 Å². The zero-order chi connectivity index (χ0) is 21.1. The van der Waals surface area contributed by atoms with Crippen molar-refractivity contribution < 1.29 is 19.1 Å². The molecule has 1 N–H and O–H groups in total. The molecule has 2 aromatic rings. The van der Waals surface area contributed by atoms with Gasteiger partial charge in [-0.1, -0.05) is 74.5 Å². The average Bonchev–Trinajstić information content (AvgIpc) is 2.73. The van der Waals surface area contributed by atoms with E-state index in [1.807, 2.05) is 74.5 Å². The van der Waals surface area contributed by atoms with E-state index in [2.05, 4.69) is 5.32 Å². The van der Waals surface area contributed by atoms with Crippen molar-refractivity contribution in [1.29, 1.82) is 0 Å². The molecular weight excluding hydrogens is 366 g/mol. The first kappa shape index (κ1) is 22.6. The number of aryl methyl sites for hydroxylation is 1. The lowest BCUT2D eigenvalue weighted by Gasteiger charge is -2.26. The summed E-state index contributed by atoms with van der Waals surface area (Å²) in [5.41, 5.74) is 2.06. The van der Waals surface area contributed by atoms with Gasteiger partial charge in [0.15, 0.2) is 0 Å². The summed E-state index contributed by atoms with van der Waals surface area (Å²) in [6.45, 7) is 6.15. The van der Waals surface area contributed by atoms with Crippen LogP contribution in [-0.2, 0) is 32.1 Å². The molecule has 29 heavy (non-hydrogen) atoms. The zero-order valence-electron chi connectivity index (χ0n) is 17.5. The number of hydrogen-bond donors (Lipinski definition) is 1. The highest BCUT2D eigenvalue weighted by atomic mass is 16.5. The van der Waals surface area contributed by atoms with E-state index in [1.54, 1.807) is 6.92 Å². The van der Waals surface area contributed by atoms with Gasteiger partial charge in [-0.15, -0.1) is 0 Å². The monoisotopic (exact) mass is 397 g/mol. The molecule has 0 fully saturated rings. The standard InChI is InChI=1S/C24H31NO4/c1-4-28-23(26)21(16-15-19-11-7-5-8-12-19)25-22(18(2)3)24(27)29-17-20-13-9-6-10-14-20/h5-14,18,21-22,25H,4,15-17H2,1-3H3/t21?,22-/m0/s1. The summed E-state index contributed by atoms with van der Waals surface area (Å²) in [5, 5.41) is 3.20. The van der Waals surface area contributed by atoms with Crippen molar-refractivity contribution in [2.75, 3.05) is 6.61 Å². The molecule has 0 saturated carbocycles. The quantitative estimate of drug-likeness (QED) is 0.583. The number of carbonyl (C=O) groups is 2. The second kappa shape index (κ2) is 12.0. The molecule has 0 amide bonds. The lowest BCUT2D eigenvalue weighted by atomic mass is 10.00. The molecule has 156 valence electrons. The summed E-state index contributed by atoms with van der Waals surface area (Å²) in [6, 6.07) is 18.3. The summed E-state index contributed by atoms with van der Waals surface area (Å²) in [6.07, 6.45) is 1.25. The molecule has 0 radical (unpaired) electrons. The Kier molecular flexibility index (Phi) is 9.38. The summed E-state index contributed by atoms with van der Waals surface area (Å²) >= 11 is 0. The largest absolute Gasteiger partial charge is 0.465 e. The zero-order valence-corrected chi connectivity index (χ0v) is 17.5. The Labute approximate surface area is 173 Å². The smallest absolute Gasteiger partial charge is 0.323 e. The maximum absolute atomic E-state index is 12.7. The molecule has 2 aromatic carbocycles. The van der Waals surface area contributed by atoms with Crippen molar-refractivity contribution >= 4 is 11.9 Å². The van der Waals surface area contributed by atoms with Crippen LogP contribution in [0.15, 0.2) is 60.7 Å². The predicted octanol–water partition coefficient (Wildman–Crippen LogP) is 3.91. The fourth-order valence-corrected chi connectivity index (χ4v) is 3.04. The Morgan fingerprint density at radius 3 is 2.00 bits per heavy atom. The molecule has 0 saturated heterocycles. The Balaban J connectivity index is 2.02. The van der Waals surface area contributed by atoms with Crippen LogP contribution in [0.3, 0.4) is 0 Å². The van der Waals surface area contributed by atoms with Gasteiger partial charge in [0, 0.05) is 0 Å². The Bertz CT molecular complexity index is 746. The number of rotatable bonds is 11. The molecule has 1 unspecified atom stereocenters. The van der Waals surface area contributed by atoms with Crippen LogP contribution in [0.1, 0.15) is 38.3 Å². The lowest BCUT2D eigenvalue weighted by molar-refractivity contribution is -0.151. The predicted molar refractivity (Wildman–Crippen MR) is 113 cm³/mol. The average molecular weight is 398 g/mol. The van der Waals surface area contributed by atoms with E-state index in [1.165, 1.54) is 0 Å². The van der Waals surface area contributed by atoms with Crippen LogP contribution in [0, 0.1) is 5.92 Å². The van der Waals surface area contributed by atoms with Crippen molar-refractivity contribution in [3.05, 3.63) is 71.8 Å². The maximum Gasteiger partial charge on any atom is 0.323 e. The fraction of sp³-hybridized carbons (Fsp3) is 0.417. The SMILES string of the molecule is CCOC(=O)C(CCc1ccccc1)N[C@H](C(=O)OCc1ccccc1)C(C)C. The van der Waals surface area contributed by atoms with Crippen LogP contribution in [0.2, 0.25) is 0 Å². The van der Waals surface area contributed by atoms with Crippen LogP contribution >= 0.6 is 0 Å². The fourth-order valence-electron chi connectivity index (χ4n) is 3.04. The number of nitrogens with one attached hydrogen (secondary N) is 1. The van der Waals surface area contributed by atoms with Gasteiger partial charge < -0.3 is 9.47 Å². The normalized spacial score (nSPS) is 13.0. The van der Waals surface area contributed by atoms with Crippen molar-refractivity contribution in [2.45, 2.75) is 52.3 Å². The van der Waals surface area contributed by atoms with Crippen molar-refractivity contribution in [2.24, 2.45) is 5.92 Å². The van der Waals surface area contributed by atoms with Crippen LogP contribution in [0.5, 0.6) is 0 Å². The summed E-state index contributed by atoms with van der Waals surface area (Å²) in [7, 11) is 0. The first-order chi connectivity index (χ1) is 14.0. The van der Waals surface area contributed by atoms with E-state index < -0.39 is 12.1 Å². The van der Waals surface area contributed by atoms with Crippen molar-refractivity contribution in [3.63, 3.8) is 0 Å². The van der Waals surface area contributed by atoms with Crippen LogP contribution < -0.4 is 5.32 Å². The van der Waals surface area contributed by atoms with E-state index >= 15 is 0 Å². The Morgan fingerprint density at radius 1 is 0.862 bits per heavy atom. The third kappa shape index (κ3) is 7.70.